The summed E-state index contributed by atoms with van der Waals surface area (Å²) in [5.41, 5.74) is 0. The van der Waals surface area contributed by atoms with Crippen LogP contribution in [-0.4, -0.2) is 24.0 Å². The van der Waals surface area contributed by atoms with Crippen LogP contribution in [0.15, 0.2) is 23.7 Å². The fraction of sp³-hybridized carbons (Fsp3) is 0.364. The van der Waals surface area contributed by atoms with Gasteiger partial charge >= 0.3 is 0 Å². The van der Waals surface area contributed by atoms with Gasteiger partial charge in [0.25, 0.3) is 0 Å². The molecular formula is C11H13ClN2S. The lowest BCUT2D eigenvalue weighted by molar-refractivity contribution is 0.849. The second kappa shape index (κ2) is 4.37. The minimum atomic E-state index is 0.131. The highest BCUT2D eigenvalue weighted by Gasteiger charge is 2.10. The maximum atomic E-state index is 5.98. The van der Waals surface area contributed by atoms with E-state index in [2.05, 4.69) is 21.3 Å². The van der Waals surface area contributed by atoms with E-state index in [1.165, 1.54) is 10.1 Å². The van der Waals surface area contributed by atoms with E-state index in [4.69, 9.17) is 11.6 Å². The summed E-state index contributed by atoms with van der Waals surface area (Å²) in [6.45, 7) is 2.80. The minimum absolute atomic E-state index is 0.131. The van der Waals surface area contributed by atoms with Gasteiger partial charge in [-0.05, 0) is 29.8 Å². The van der Waals surface area contributed by atoms with Gasteiger partial charge in [0.05, 0.1) is 4.70 Å². The fourth-order valence-electron chi connectivity index (χ4n) is 1.61. The Morgan fingerprint density at radius 2 is 2.33 bits per heavy atom. The van der Waals surface area contributed by atoms with Crippen LogP contribution in [0.5, 0.6) is 0 Å². The van der Waals surface area contributed by atoms with Gasteiger partial charge in [-0.3, -0.25) is 0 Å². The average Bonchev–Trinajstić information content (AvgIpc) is 2.63. The number of thiophene rings is 1. The standard InChI is InChI=1S/C11H13ClN2S/c1-8(12)7-14(2)11-10-9(3-5-13-11)4-6-15-10/h3-6,8H,7H2,1-2H3. The smallest absolute Gasteiger partial charge is 0.146 e. The van der Waals surface area contributed by atoms with Gasteiger partial charge in [0.15, 0.2) is 0 Å². The summed E-state index contributed by atoms with van der Waals surface area (Å²) in [6, 6.07) is 4.15. The van der Waals surface area contributed by atoms with E-state index in [1.54, 1.807) is 11.3 Å². The second-order valence-corrected chi connectivity index (χ2v) is 5.30. The van der Waals surface area contributed by atoms with E-state index in [0.717, 1.165) is 12.4 Å². The van der Waals surface area contributed by atoms with Crippen LogP contribution in [-0.2, 0) is 0 Å². The van der Waals surface area contributed by atoms with Crippen molar-refractivity contribution in [3.63, 3.8) is 0 Å². The number of pyridine rings is 1. The second-order valence-electron chi connectivity index (χ2n) is 3.63. The summed E-state index contributed by atoms with van der Waals surface area (Å²) in [5.74, 6) is 1.02. The van der Waals surface area contributed by atoms with Crippen LogP contribution >= 0.6 is 22.9 Å². The number of alkyl halides is 1. The Labute approximate surface area is 98.5 Å². The first-order valence-electron chi connectivity index (χ1n) is 4.86. The van der Waals surface area contributed by atoms with E-state index in [0.29, 0.717) is 0 Å². The van der Waals surface area contributed by atoms with Gasteiger partial charge < -0.3 is 4.90 Å². The predicted molar refractivity (Wildman–Crippen MR) is 68.2 cm³/mol. The molecule has 0 spiro atoms. The van der Waals surface area contributed by atoms with E-state index >= 15 is 0 Å². The number of hydrogen-bond donors (Lipinski definition) is 0. The van der Waals surface area contributed by atoms with Gasteiger partial charge in [-0.2, -0.15) is 0 Å². The van der Waals surface area contributed by atoms with Crippen molar-refractivity contribution in [2.45, 2.75) is 12.3 Å². The van der Waals surface area contributed by atoms with Crippen molar-refractivity contribution < 1.29 is 0 Å². The van der Waals surface area contributed by atoms with E-state index in [-0.39, 0.29) is 5.38 Å². The van der Waals surface area contributed by atoms with Gasteiger partial charge in [-0.1, -0.05) is 0 Å². The minimum Gasteiger partial charge on any atom is -0.357 e. The molecule has 0 aliphatic rings. The molecule has 4 heteroatoms. The predicted octanol–water partition coefficient (Wildman–Crippen LogP) is 3.36. The van der Waals surface area contributed by atoms with Crippen molar-refractivity contribution in [1.29, 1.82) is 0 Å². The van der Waals surface area contributed by atoms with Gasteiger partial charge in [0.2, 0.25) is 0 Å². The highest BCUT2D eigenvalue weighted by molar-refractivity contribution is 7.17. The van der Waals surface area contributed by atoms with Crippen LogP contribution in [0.25, 0.3) is 10.1 Å². The molecule has 2 rings (SSSR count). The maximum absolute atomic E-state index is 5.98. The lowest BCUT2D eigenvalue weighted by Crippen LogP contribution is -2.24. The zero-order valence-corrected chi connectivity index (χ0v) is 10.3. The number of nitrogens with zero attached hydrogens (tertiary/aromatic N) is 2. The molecule has 0 aromatic carbocycles. The molecule has 0 amide bonds. The molecule has 0 aliphatic heterocycles. The van der Waals surface area contributed by atoms with Crippen LogP contribution < -0.4 is 4.90 Å². The molecule has 2 aromatic heterocycles. The Morgan fingerprint density at radius 3 is 3.07 bits per heavy atom. The molecule has 0 saturated heterocycles. The summed E-state index contributed by atoms with van der Waals surface area (Å²) in [7, 11) is 2.03. The van der Waals surface area contributed by atoms with Gasteiger partial charge in [0, 0.05) is 25.2 Å². The third kappa shape index (κ3) is 2.24. The Balaban J connectivity index is 2.38. The molecule has 0 fully saturated rings. The molecular weight excluding hydrogens is 228 g/mol. The number of anilines is 1. The van der Waals surface area contributed by atoms with Crippen LogP contribution in [0.1, 0.15) is 6.92 Å². The quantitative estimate of drug-likeness (QED) is 0.765. The molecule has 1 unspecified atom stereocenters. The monoisotopic (exact) mass is 240 g/mol. The molecule has 0 bridgehead atoms. The van der Waals surface area contributed by atoms with Crippen molar-refractivity contribution >= 4 is 38.8 Å². The lowest BCUT2D eigenvalue weighted by Gasteiger charge is -2.19. The summed E-state index contributed by atoms with van der Waals surface area (Å²) in [6.07, 6.45) is 1.85. The Kier molecular flexibility index (Phi) is 3.12. The molecule has 0 saturated carbocycles. The summed E-state index contributed by atoms with van der Waals surface area (Å²) in [5, 5.41) is 3.47. The number of rotatable bonds is 3. The Hall–Kier alpha value is -0.800. The summed E-state index contributed by atoms with van der Waals surface area (Å²) >= 11 is 7.70. The molecule has 2 heterocycles. The Morgan fingerprint density at radius 1 is 1.53 bits per heavy atom. The van der Waals surface area contributed by atoms with Crippen molar-refractivity contribution in [3.8, 4) is 0 Å². The highest BCUT2D eigenvalue weighted by atomic mass is 35.5. The normalized spacial score (nSPS) is 13.0. The SMILES string of the molecule is CC(Cl)CN(C)c1nccc2ccsc12. The number of aromatic nitrogens is 1. The van der Waals surface area contributed by atoms with Crippen LogP contribution in [0, 0.1) is 0 Å². The van der Waals surface area contributed by atoms with Gasteiger partial charge in [-0.15, -0.1) is 22.9 Å². The van der Waals surface area contributed by atoms with Gasteiger partial charge in [0.1, 0.15) is 5.82 Å². The van der Waals surface area contributed by atoms with Crippen LogP contribution in [0.3, 0.4) is 0 Å². The fourth-order valence-corrected chi connectivity index (χ4v) is 2.76. The third-order valence-corrected chi connectivity index (χ3v) is 3.30. The third-order valence-electron chi connectivity index (χ3n) is 2.24. The van der Waals surface area contributed by atoms with E-state index < -0.39 is 0 Å². The van der Waals surface area contributed by atoms with E-state index in [9.17, 15) is 0 Å². The van der Waals surface area contributed by atoms with Crippen molar-refractivity contribution in [1.82, 2.24) is 4.98 Å². The average molecular weight is 241 g/mol. The molecule has 0 aliphatic carbocycles. The lowest BCUT2D eigenvalue weighted by atomic mass is 10.3. The Bertz CT molecular complexity index is 453. The number of fused-ring (bicyclic) bond motifs is 1. The van der Waals surface area contributed by atoms with Crippen molar-refractivity contribution in [2.75, 3.05) is 18.5 Å². The number of hydrogen-bond acceptors (Lipinski definition) is 3. The van der Waals surface area contributed by atoms with Crippen molar-refractivity contribution in [2.24, 2.45) is 0 Å². The zero-order valence-electron chi connectivity index (χ0n) is 8.77. The topological polar surface area (TPSA) is 16.1 Å². The first kappa shape index (κ1) is 10.7. The van der Waals surface area contributed by atoms with Crippen LogP contribution in [0.4, 0.5) is 5.82 Å². The molecule has 1 atom stereocenters. The van der Waals surface area contributed by atoms with Crippen molar-refractivity contribution in [3.05, 3.63) is 23.7 Å². The van der Waals surface area contributed by atoms with E-state index in [1.807, 2.05) is 26.2 Å². The molecule has 15 heavy (non-hydrogen) atoms. The molecule has 0 radical (unpaired) electrons. The first-order chi connectivity index (χ1) is 7.18. The summed E-state index contributed by atoms with van der Waals surface area (Å²) < 4.78 is 1.23. The number of halogens is 1. The molecule has 80 valence electrons. The molecule has 2 aromatic rings. The van der Waals surface area contributed by atoms with Crippen LogP contribution in [0.2, 0.25) is 0 Å². The largest absolute Gasteiger partial charge is 0.357 e. The van der Waals surface area contributed by atoms with Gasteiger partial charge in [-0.25, -0.2) is 4.98 Å². The zero-order chi connectivity index (χ0) is 10.8. The molecule has 0 N–H and O–H groups in total. The first-order valence-corrected chi connectivity index (χ1v) is 6.17. The molecule has 2 nitrogen and oxygen atoms in total. The maximum Gasteiger partial charge on any atom is 0.146 e. The summed E-state index contributed by atoms with van der Waals surface area (Å²) in [4.78, 5) is 6.52. The highest BCUT2D eigenvalue weighted by Crippen LogP contribution is 2.28.